The third-order valence-corrected chi connectivity index (χ3v) is 4.72. The van der Waals surface area contributed by atoms with E-state index in [9.17, 15) is 0 Å². The molecule has 1 heterocycles. The second kappa shape index (κ2) is 5.43. The highest BCUT2D eigenvalue weighted by Crippen LogP contribution is 2.34. The molecule has 0 bridgehead atoms. The molecule has 0 amide bonds. The summed E-state index contributed by atoms with van der Waals surface area (Å²) in [5, 5.41) is 4.74. The normalized spacial score (nSPS) is 15.9. The van der Waals surface area contributed by atoms with E-state index in [0.29, 0.717) is 5.92 Å². The van der Waals surface area contributed by atoms with Crippen LogP contribution in [0.5, 0.6) is 0 Å². The highest BCUT2D eigenvalue weighted by atomic mass is 14.9. The number of hydrogen-bond donors (Lipinski definition) is 1. The Kier molecular flexibility index (Phi) is 3.64. The first-order chi connectivity index (χ1) is 9.74. The van der Waals surface area contributed by atoms with Gasteiger partial charge in [0.15, 0.2) is 0 Å². The van der Waals surface area contributed by atoms with Gasteiger partial charge in [-0.15, -0.1) is 0 Å². The number of nitrogens with one attached hydrogen (secondary N) is 1. The lowest BCUT2D eigenvalue weighted by Crippen LogP contribution is -2.09. The fraction of sp³-hybridized carbons (Fsp3) is 0.500. The molecule has 2 nitrogen and oxygen atoms in total. The van der Waals surface area contributed by atoms with Crippen molar-refractivity contribution in [2.75, 3.05) is 12.4 Å². The molecule has 1 aliphatic carbocycles. The molecule has 0 aliphatic heterocycles. The molecule has 0 radical (unpaired) electrons. The van der Waals surface area contributed by atoms with E-state index in [4.69, 9.17) is 4.98 Å². The maximum atomic E-state index is 4.91. The highest BCUT2D eigenvalue weighted by molar-refractivity contribution is 5.94. The molecule has 1 aromatic carbocycles. The zero-order chi connectivity index (χ0) is 14.1. The van der Waals surface area contributed by atoms with Crippen LogP contribution in [0.3, 0.4) is 0 Å². The molecular formula is C18H24N2. The first-order valence-electron chi connectivity index (χ1n) is 7.87. The van der Waals surface area contributed by atoms with Gasteiger partial charge < -0.3 is 5.32 Å². The van der Waals surface area contributed by atoms with E-state index in [1.807, 2.05) is 7.05 Å². The van der Waals surface area contributed by atoms with Crippen molar-refractivity contribution in [3.63, 3.8) is 0 Å². The van der Waals surface area contributed by atoms with Crippen molar-refractivity contribution in [2.24, 2.45) is 0 Å². The molecule has 20 heavy (non-hydrogen) atoms. The van der Waals surface area contributed by atoms with Crippen LogP contribution in [0.2, 0.25) is 0 Å². The quantitative estimate of drug-likeness (QED) is 0.875. The van der Waals surface area contributed by atoms with Crippen molar-refractivity contribution in [3.8, 4) is 0 Å². The van der Waals surface area contributed by atoms with E-state index in [1.54, 1.807) is 0 Å². The van der Waals surface area contributed by atoms with E-state index in [0.717, 1.165) is 11.9 Å². The fourth-order valence-corrected chi connectivity index (χ4v) is 3.27. The lowest BCUT2D eigenvalue weighted by molar-refractivity contribution is 0.672. The van der Waals surface area contributed by atoms with Gasteiger partial charge in [0.2, 0.25) is 0 Å². The average Bonchev–Trinajstić information content (AvgIpc) is 2.51. The van der Waals surface area contributed by atoms with Crippen molar-refractivity contribution in [1.82, 2.24) is 4.98 Å². The number of rotatable bonds is 3. The summed E-state index contributed by atoms with van der Waals surface area (Å²) >= 11 is 0. The Morgan fingerprint density at radius 1 is 1.25 bits per heavy atom. The van der Waals surface area contributed by atoms with Gasteiger partial charge in [-0.1, -0.05) is 19.9 Å². The number of aromatic nitrogens is 1. The molecule has 1 N–H and O–H groups in total. The van der Waals surface area contributed by atoms with Gasteiger partial charge in [0.25, 0.3) is 0 Å². The summed E-state index contributed by atoms with van der Waals surface area (Å²) in [4.78, 5) is 4.91. The van der Waals surface area contributed by atoms with Crippen molar-refractivity contribution in [2.45, 2.75) is 51.9 Å². The van der Waals surface area contributed by atoms with Gasteiger partial charge in [0.05, 0.1) is 5.52 Å². The second-order valence-electron chi connectivity index (χ2n) is 5.96. The second-order valence-corrected chi connectivity index (χ2v) is 5.96. The minimum absolute atomic E-state index is 0.611. The molecule has 1 aromatic heterocycles. The van der Waals surface area contributed by atoms with Crippen molar-refractivity contribution < 1.29 is 0 Å². The largest absolute Gasteiger partial charge is 0.387 e. The third-order valence-electron chi connectivity index (χ3n) is 4.72. The van der Waals surface area contributed by atoms with Gasteiger partial charge >= 0.3 is 0 Å². The summed E-state index contributed by atoms with van der Waals surface area (Å²) in [6.45, 7) is 4.55. The monoisotopic (exact) mass is 268 g/mol. The van der Waals surface area contributed by atoms with Gasteiger partial charge in [-0.05, 0) is 61.3 Å². The Morgan fingerprint density at radius 2 is 2.05 bits per heavy atom. The summed E-state index contributed by atoms with van der Waals surface area (Å²) in [7, 11) is 2.04. The summed E-state index contributed by atoms with van der Waals surface area (Å²) in [5.41, 5.74) is 6.64. The number of aryl methyl sites for hydroxylation is 1. The van der Waals surface area contributed by atoms with E-state index >= 15 is 0 Å². The lowest BCUT2D eigenvalue weighted by atomic mass is 9.91. The van der Waals surface area contributed by atoms with Crippen LogP contribution >= 0.6 is 0 Å². The molecule has 0 saturated carbocycles. The predicted octanol–water partition coefficient (Wildman–Crippen LogP) is 4.67. The summed E-state index contributed by atoms with van der Waals surface area (Å²) in [5.74, 6) is 0.611. The van der Waals surface area contributed by atoms with E-state index < -0.39 is 0 Å². The molecule has 0 spiro atoms. The predicted molar refractivity (Wildman–Crippen MR) is 86.6 cm³/mol. The molecule has 1 aliphatic rings. The highest BCUT2D eigenvalue weighted by Gasteiger charge is 2.18. The fourth-order valence-electron chi connectivity index (χ4n) is 3.27. The minimum Gasteiger partial charge on any atom is -0.387 e. The Hall–Kier alpha value is -1.57. The third kappa shape index (κ3) is 2.17. The van der Waals surface area contributed by atoms with Crippen LogP contribution in [0.4, 0.5) is 5.69 Å². The van der Waals surface area contributed by atoms with Gasteiger partial charge in [-0.3, -0.25) is 4.98 Å². The molecule has 2 aromatic rings. The first kappa shape index (κ1) is 13.4. The van der Waals surface area contributed by atoms with Crippen molar-refractivity contribution >= 4 is 16.6 Å². The number of pyridine rings is 1. The lowest BCUT2D eigenvalue weighted by Gasteiger charge is -2.21. The Morgan fingerprint density at radius 3 is 2.80 bits per heavy atom. The summed E-state index contributed by atoms with van der Waals surface area (Å²) < 4.78 is 0. The molecule has 1 atom stereocenters. The van der Waals surface area contributed by atoms with Crippen LogP contribution in [0, 0.1) is 0 Å². The van der Waals surface area contributed by atoms with E-state index in [2.05, 4.69) is 37.4 Å². The molecule has 2 heteroatoms. The standard InChI is InChI=1S/C18H24N2/c1-4-12(2)13-9-10-17-15(11-13)18(19-3)14-7-5-6-8-16(14)20-17/h9-12H,4-8H2,1-3H3,(H,19,20). The molecule has 0 saturated heterocycles. The molecule has 1 unspecified atom stereocenters. The molecule has 106 valence electrons. The van der Waals surface area contributed by atoms with Gasteiger partial charge in [0.1, 0.15) is 0 Å². The number of hydrogen-bond acceptors (Lipinski definition) is 2. The Balaban J connectivity index is 2.22. The van der Waals surface area contributed by atoms with Crippen molar-refractivity contribution in [3.05, 3.63) is 35.0 Å². The Labute approximate surface area is 121 Å². The summed E-state index contributed by atoms with van der Waals surface area (Å²) in [6.07, 6.45) is 6.05. The van der Waals surface area contributed by atoms with Gasteiger partial charge in [-0.25, -0.2) is 0 Å². The van der Waals surface area contributed by atoms with E-state index in [-0.39, 0.29) is 0 Å². The number of fused-ring (bicyclic) bond motifs is 2. The number of benzene rings is 1. The van der Waals surface area contributed by atoms with Crippen molar-refractivity contribution in [1.29, 1.82) is 0 Å². The van der Waals surface area contributed by atoms with E-state index in [1.165, 1.54) is 53.6 Å². The maximum absolute atomic E-state index is 4.91. The average molecular weight is 268 g/mol. The van der Waals surface area contributed by atoms with Gasteiger partial charge in [0, 0.05) is 23.8 Å². The molecule has 3 rings (SSSR count). The number of nitrogens with zero attached hydrogens (tertiary/aromatic N) is 1. The van der Waals surface area contributed by atoms with Crippen LogP contribution in [-0.2, 0) is 12.8 Å². The molecular weight excluding hydrogens is 244 g/mol. The zero-order valence-electron chi connectivity index (χ0n) is 12.8. The number of anilines is 1. The maximum Gasteiger partial charge on any atom is 0.0726 e. The van der Waals surface area contributed by atoms with Crippen LogP contribution in [-0.4, -0.2) is 12.0 Å². The Bertz CT molecular complexity index is 631. The van der Waals surface area contributed by atoms with Gasteiger partial charge in [-0.2, -0.15) is 0 Å². The molecule has 0 fully saturated rings. The SMILES string of the molecule is CCC(C)c1ccc2nc3c(c(NC)c2c1)CCCC3. The van der Waals surface area contributed by atoms with Crippen LogP contribution in [0.25, 0.3) is 10.9 Å². The van der Waals surface area contributed by atoms with Crippen LogP contribution in [0.1, 0.15) is 55.8 Å². The zero-order valence-corrected chi connectivity index (χ0v) is 12.8. The topological polar surface area (TPSA) is 24.9 Å². The van der Waals surface area contributed by atoms with Crippen LogP contribution < -0.4 is 5.32 Å². The minimum atomic E-state index is 0.611. The summed E-state index contributed by atoms with van der Waals surface area (Å²) in [6, 6.07) is 6.79. The first-order valence-corrected chi connectivity index (χ1v) is 7.87. The van der Waals surface area contributed by atoms with Crippen LogP contribution in [0.15, 0.2) is 18.2 Å². The smallest absolute Gasteiger partial charge is 0.0726 e.